The third-order valence-electron chi connectivity index (χ3n) is 6.79. The van der Waals surface area contributed by atoms with E-state index in [-0.39, 0.29) is 27.7 Å². The lowest BCUT2D eigenvalue weighted by molar-refractivity contribution is -0.138. The highest BCUT2D eigenvalue weighted by Gasteiger charge is 2.39. The first-order chi connectivity index (χ1) is 15.0. The Hall–Kier alpha value is -2.35. The van der Waals surface area contributed by atoms with Crippen molar-refractivity contribution in [3.8, 4) is 0 Å². The van der Waals surface area contributed by atoms with Gasteiger partial charge in [-0.3, -0.25) is 0 Å². The number of fused-ring (bicyclic) bond motifs is 1. The van der Waals surface area contributed by atoms with Crippen LogP contribution in [0.3, 0.4) is 0 Å². The van der Waals surface area contributed by atoms with Crippen LogP contribution >= 0.6 is 0 Å². The molecule has 180 valence electrons. The number of sulfone groups is 1. The molecule has 0 fully saturated rings. The van der Waals surface area contributed by atoms with Gasteiger partial charge >= 0.3 is 12.1 Å². The molecule has 8 heteroatoms. The molecule has 0 atom stereocenters. The van der Waals surface area contributed by atoms with E-state index in [1.54, 1.807) is 13.0 Å². The van der Waals surface area contributed by atoms with Crippen LogP contribution in [-0.4, -0.2) is 25.2 Å². The van der Waals surface area contributed by atoms with Crippen molar-refractivity contribution in [2.75, 3.05) is 5.75 Å². The summed E-state index contributed by atoms with van der Waals surface area (Å²) in [6.45, 7) is 10.1. The molecule has 4 nitrogen and oxygen atoms in total. The van der Waals surface area contributed by atoms with Crippen LogP contribution in [0.5, 0.6) is 0 Å². The number of alkyl halides is 3. The second kappa shape index (κ2) is 8.15. The minimum absolute atomic E-state index is 0.0919. The normalized spacial score (nSPS) is 17.5. The number of carbonyl (C=O) groups is 1. The maximum Gasteiger partial charge on any atom is 0.416 e. The van der Waals surface area contributed by atoms with Crippen molar-refractivity contribution in [3.05, 3.63) is 63.7 Å². The molecule has 1 aliphatic rings. The van der Waals surface area contributed by atoms with E-state index in [0.29, 0.717) is 11.6 Å². The van der Waals surface area contributed by atoms with Crippen LogP contribution < -0.4 is 0 Å². The van der Waals surface area contributed by atoms with Crippen molar-refractivity contribution in [2.45, 2.75) is 75.8 Å². The zero-order valence-electron chi connectivity index (χ0n) is 19.4. The van der Waals surface area contributed by atoms with E-state index in [2.05, 4.69) is 27.7 Å². The van der Waals surface area contributed by atoms with Gasteiger partial charge in [0.1, 0.15) is 0 Å². The fourth-order valence-electron chi connectivity index (χ4n) is 4.58. The second-order valence-corrected chi connectivity index (χ2v) is 12.3. The minimum Gasteiger partial charge on any atom is -0.478 e. The number of aromatic carboxylic acids is 1. The van der Waals surface area contributed by atoms with Crippen molar-refractivity contribution in [1.29, 1.82) is 0 Å². The number of hydrogen-bond acceptors (Lipinski definition) is 3. The Kier molecular flexibility index (Phi) is 6.24. The fraction of sp³-hybridized carbons (Fsp3) is 0.480. The fourth-order valence-corrected chi connectivity index (χ4v) is 6.14. The van der Waals surface area contributed by atoms with Gasteiger partial charge in [0, 0.05) is 0 Å². The Balaban J connectivity index is 2.00. The number of aryl methyl sites for hydroxylation is 2. The first-order valence-corrected chi connectivity index (χ1v) is 12.4. The van der Waals surface area contributed by atoms with E-state index in [4.69, 9.17) is 5.11 Å². The molecule has 0 amide bonds. The summed E-state index contributed by atoms with van der Waals surface area (Å²) in [6, 6.07) is 6.28. The zero-order chi connectivity index (χ0) is 25.0. The standard InChI is InChI=1S/C25H29F3O4S/c1-15-12-19-20(24(4,5)10-9-23(19,2)3)14-21(15)33(31,32)11-8-16-6-7-17(22(29)30)13-18(16)25(26,27)28/h6-7,12-14H,8-11H2,1-5H3,(H,29,30). The second-order valence-electron chi connectivity index (χ2n) is 10.2. The molecule has 1 N–H and O–H groups in total. The Bertz CT molecular complexity index is 1210. The van der Waals surface area contributed by atoms with Crippen molar-refractivity contribution in [3.63, 3.8) is 0 Å². The molecule has 0 heterocycles. The quantitative estimate of drug-likeness (QED) is 0.561. The Morgan fingerprint density at radius 2 is 1.55 bits per heavy atom. The Labute approximate surface area is 192 Å². The third-order valence-corrected chi connectivity index (χ3v) is 8.64. The number of benzene rings is 2. The molecule has 0 saturated heterocycles. The molecule has 0 unspecified atom stereocenters. The average Bonchev–Trinajstić information content (AvgIpc) is 2.68. The highest BCUT2D eigenvalue weighted by molar-refractivity contribution is 7.91. The van der Waals surface area contributed by atoms with Gasteiger partial charge in [0.25, 0.3) is 0 Å². The SMILES string of the molecule is Cc1cc2c(cc1S(=O)(=O)CCc1ccc(C(=O)O)cc1C(F)(F)F)C(C)(C)CCC2(C)C. The summed E-state index contributed by atoms with van der Waals surface area (Å²) in [4.78, 5) is 11.2. The lowest BCUT2D eigenvalue weighted by Gasteiger charge is -2.42. The molecule has 0 radical (unpaired) electrons. The van der Waals surface area contributed by atoms with E-state index in [9.17, 15) is 26.4 Å². The largest absolute Gasteiger partial charge is 0.478 e. The number of carboxylic acid groups (broad SMARTS) is 1. The molecular formula is C25H29F3O4S. The molecule has 33 heavy (non-hydrogen) atoms. The summed E-state index contributed by atoms with van der Waals surface area (Å²) in [5.41, 5.74) is 0.491. The van der Waals surface area contributed by atoms with Crippen LogP contribution in [0.1, 0.15) is 78.7 Å². The van der Waals surface area contributed by atoms with Crippen molar-refractivity contribution >= 4 is 15.8 Å². The summed E-state index contributed by atoms with van der Waals surface area (Å²) in [7, 11) is -3.88. The summed E-state index contributed by atoms with van der Waals surface area (Å²) in [6.07, 6.45) is -3.28. The summed E-state index contributed by atoms with van der Waals surface area (Å²) < 4.78 is 67.0. The van der Waals surface area contributed by atoms with Crippen LogP contribution in [0.2, 0.25) is 0 Å². The van der Waals surface area contributed by atoms with E-state index < -0.39 is 38.9 Å². The van der Waals surface area contributed by atoms with Gasteiger partial charge in [-0.05, 0) is 77.5 Å². The predicted octanol–water partition coefficient (Wildman–Crippen LogP) is 6.08. The van der Waals surface area contributed by atoms with Gasteiger partial charge in [0.15, 0.2) is 9.84 Å². The third kappa shape index (κ3) is 4.95. The Morgan fingerprint density at radius 1 is 1.00 bits per heavy atom. The predicted molar refractivity (Wildman–Crippen MR) is 121 cm³/mol. The van der Waals surface area contributed by atoms with Gasteiger partial charge in [-0.25, -0.2) is 13.2 Å². The molecule has 2 aromatic carbocycles. The van der Waals surface area contributed by atoms with E-state index in [1.165, 1.54) is 0 Å². The number of rotatable bonds is 5. The lowest BCUT2D eigenvalue weighted by atomic mass is 9.63. The first kappa shape index (κ1) is 25.3. The maximum absolute atomic E-state index is 13.5. The van der Waals surface area contributed by atoms with Gasteiger partial charge in [-0.1, -0.05) is 39.8 Å². The van der Waals surface area contributed by atoms with Gasteiger partial charge in [0.2, 0.25) is 0 Å². The number of hydrogen-bond donors (Lipinski definition) is 1. The van der Waals surface area contributed by atoms with E-state index >= 15 is 0 Å². The van der Waals surface area contributed by atoms with Crippen molar-refractivity contribution in [1.82, 2.24) is 0 Å². The maximum atomic E-state index is 13.5. The smallest absolute Gasteiger partial charge is 0.416 e. The van der Waals surface area contributed by atoms with Gasteiger partial charge < -0.3 is 5.11 Å². The highest BCUT2D eigenvalue weighted by Crippen LogP contribution is 2.47. The first-order valence-electron chi connectivity index (χ1n) is 10.8. The molecule has 3 rings (SSSR count). The number of carboxylic acids is 1. The molecule has 0 spiro atoms. The van der Waals surface area contributed by atoms with Crippen LogP contribution in [0.4, 0.5) is 13.2 Å². The minimum atomic E-state index is -4.79. The summed E-state index contributed by atoms with van der Waals surface area (Å²) in [5, 5.41) is 9.02. The zero-order valence-corrected chi connectivity index (χ0v) is 20.2. The number of halogens is 3. The van der Waals surface area contributed by atoms with E-state index in [1.807, 2.05) is 6.07 Å². The Morgan fingerprint density at radius 3 is 2.06 bits per heavy atom. The van der Waals surface area contributed by atoms with Gasteiger partial charge in [0.05, 0.1) is 21.8 Å². The average molecular weight is 483 g/mol. The molecular weight excluding hydrogens is 453 g/mol. The van der Waals surface area contributed by atoms with E-state index in [0.717, 1.165) is 36.1 Å². The summed E-state index contributed by atoms with van der Waals surface area (Å²) in [5.74, 6) is -1.98. The van der Waals surface area contributed by atoms with Crippen LogP contribution in [-0.2, 0) is 33.3 Å². The van der Waals surface area contributed by atoms with Crippen LogP contribution in [0.15, 0.2) is 35.2 Å². The molecule has 0 aromatic heterocycles. The van der Waals surface area contributed by atoms with Crippen LogP contribution in [0.25, 0.3) is 0 Å². The molecule has 1 aliphatic carbocycles. The highest BCUT2D eigenvalue weighted by atomic mass is 32.2. The molecule has 0 bridgehead atoms. The van der Waals surface area contributed by atoms with Crippen LogP contribution in [0, 0.1) is 6.92 Å². The van der Waals surface area contributed by atoms with Crippen molar-refractivity contribution in [2.24, 2.45) is 0 Å². The molecule has 0 aliphatic heterocycles. The van der Waals surface area contributed by atoms with Gasteiger partial charge in [-0.15, -0.1) is 0 Å². The lowest BCUT2D eigenvalue weighted by Crippen LogP contribution is -2.34. The van der Waals surface area contributed by atoms with Gasteiger partial charge in [-0.2, -0.15) is 13.2 Å². The summed E-state index contributed by atoms with van der Waals surface area (Å²) >= 11 is 0. The molecule has 2 aromatic rings. The molecule has 0 saturated carbocycles. The monoisotopic (exact) mass is 482 g/mol. The topological polar surface area (TPSA) is 71.4 Å². The van der Waals surface area contributed by atoms with Crippen molar-refractivity contribution < 1.29 is 31.5 Å².